The summed E-state index contributed by atoms with van der Waals surface area (Å²) in [5.41, 5.74) is 6.70. The third-order valence-corrected chi connectivity index (χ3v) is 9.40. The molecule has 1 N–H and O–H groups in total. The summed E-state index contributed by atoms with van der Waals surface area (Å²) in [4.78, 5) is 5.31. The third kappa shape index (κ3) is 4.90. The lowest BCUT2D eigenvalue weighted by Crippen LogP contribution is -2.49. The number of halogens is 1. The van der Waals surface area contributed by atoms with E-state index < -0.39 is 11.2 Å². The summed E-state index contributed by atoms with van der Waals surface area (Å²) in [7, 11) is 0.390. The van der Waals surface area contributed by atoms with E-state index in [2.05, 4.69) is 66.7 Å². The lowest BCUT2D eigenvalue weighted by molar-refractivity contribution is -0.0893. The standard InChI is InChI=1S/C39H35BFNO2/c1-38(2,43)39(3,4)44-40-27-11-9-10-25(22-27)26-18-21-33-34(23-26)42-37(24-16-19-28(41)20-17-24)36-32-15-8-6-13-30(32)29-12-5-7-14-31(29)35(33)36/h5,7-12,14-23,40,43H,6,13H2,1-4H3. The summed E-state index contributed by atoms with van der Waals surface area (Å²) in [6.45, 7) is 7.35. The smallest absolute Gasteiger partial charge is 0.309 e. The highest BCUT2D eigenvalue weighted by molar-refractivity contribution is 6.47. The monoisotopic (exact) mass is 579 g/mol. The van der Waals surface area contributed by atoms with Crippen LogP contribution in [0.15, 0.2) is 97.1 Å². The number of rotatable bonds is 6. The van der Waals surface area contributed by atoms with E-state index in [-0.39, 0.29) is 5.82 Å². The molecule has 0 atom stereocenters. The van der Waals surface area contributed by atoms with Crippen molar-refractivity contribution in [2.45, 2.75) is 51.7 Å². The van der Waals surface area contributed by atoms with E-state index in [0.29, 0.717) is 7.48 Å². The van der Waals surface area contributed by atoms with Crippen LogP contribution in [0.3, 0.4) is 0 Å². The lowest BCUT2D eigenvalue weighted by atomic mass is 9.81. The molecule has 0 spiro atoms. The molecular weight excluding hydrogens is 544 g/mol. The zero-order chi connectivity index (χ0) is 30.6. The minimum absolute atomic E-state index is 0.261. The fraction of sp³-hybridized carbons (Fsp3) is 0.205. The Hall–Kier alpha value is -4.32. The zero-order valence-electron chi connectivity index (χ0n) is 25.6. The molecule has 218 valence electrons. The maximum Gasteiger partial charge on any atom is 0.309 e. The van der Waals surface area contributed by atoms with Gasteiger partial charge in [0.1, 0.15) is 5.82 Å². The van der Waals surface area contributed by atoms with Crippen LogP contribution in [-0.4, -0.2) is 28.8 Å². The first-order chi connectivity index (χ1) is 21.1. The first-order valence-electron chi connectivity index (χ1n) is 15.3. The van der Waals surface area contributed by atoms with Crippen molar-refractivity contribution in [1.82, 2.24) is 4.98 Å². The van der Waals surface area contributed by atoms with E-state index >= 15 is 0 Å². The van der Waals surface area contributed by atoms with Crippen LogP contribution in [0.2, 0.25) is 0 Å². The van der Waals surface area contributed by atoms with Gasteiger partial charge >= 0.3 is 7.48 Å². The number of aromatic nitrogens is 1. The van der Waals surface area contributed by atoms with Crippen LogP contribution >= 0.6 is 0 Å². The molecule has 0 aliphatic heterocycles. The largest absolute Gasteiger partial charge is 0.427 e. The number of aliphatic hydroxyl groups is 1. The molecule has 7 rings (SSSR count). The second-order valence-corrected chi connectivity index (χ2v) is 12.9. The van der Waals surface area contributed by atoms with Crippen molar-refractivity contribution in [1.29, 1.82) is 0 Å². The fourth-order valence-electron chi connectivity index (χ4n) is 6.23. The number of fused-ring (bicyclic) bond motifs is 8. The van der Waals surface area contributed by atoms with Crippen molar-refractivity contribution in [2.24, 2.45) is 0 Å². The molecule has 6 aromatic rings. The Bertz CT molecular complexity index is 2090. The number of benzene rings is 5. The van der Waals surface area contributed by atoms with Crippen LogP contribution < -0.4 is 5.46 Å². The molecule has 1 aromatic heterocycles. The SMILES string of the molecule is CC(C)(O)C(C)(C)OBc1cccc(-c2ccc3c(c2)nc(-c2ccc(F)cc2)c2c4c(c5ccccc5c23)CCC=C4)c1. The Morgan fingerprint density at radius 1 is 0.773 bits per heavy atom. The Kier molecular flexibility index (Phi) is 6.91. The average molecular weight is 580 g/mol. The van der Waals surface area contributed by atoms with Crippen molar-refractivity contribution >= 4 is 51.5 Å². The van der Waals surface area contributed by atoms with Gasteiger partial charge in [-0.3, -0.25) is 0 Å². The minimum Gasteiger partial charge on any atom is -0.427 e. The van der Waals surface area contributed by atoms with Gasteiger partial charge in [0, 0.05) is 21.7 Å². The summed E-state index contributed by atoms with van der Waals surface area (Å²) in [5, 5.41) is 16.4. The minimum atomic E-state index is -0.973. The van der Waals surface area contributed by atoms with Gasteiger partial charge in [-0.25, -0.2) is 9.37 Å². The zero-order valence-corrected chi connectivity index (χ0v) is 25.6. The predicted molar refractivity (Wildman–Crippen MR) is 183 cm³/mol. The number of allylic oxidation sites excluding steroid dienone is 1. The van der Waals surface area contributed by atoms with E-state index in [4.69, 9.17) is 9.64 Å². The highest BCUT2D eigenvalue weighted by atomic mass is 19.1. The van der Waals surface area contributed by atoms with Crippen LogP contribution in [-0.2, 0) is 11.1 Å². The Balaban J connectivity index is 1.44. The summed E-state index contributed by atoms with van der Waals surface area (Å²) in [5.74, 6) is -0.261. The van der Waals surface area contributed by atoms with Gasteiger partial charge in [0.05, 0.1) is 22.4 Å². The van der Waals surface area contributed by atoms with E-state index in [9.17, 15) is 9.50 Å². The predicted octanol–water partition coefficient (Wildman–Crippen LogP) is 8.52. The van der Waals surface area contributed by atoms with E-state index in [0.717, 1.165) is 57.0 Å². The molecular formula is C39H35BFNO2. The molecule has 1 aliphatic rings. The van der Waals surface area contributed by atoms with Gasteiger partial charge < -0.3 is 9.76 Å². The number of nitrogens with zero attached hydrogens (tertiary/aromatic N) is 1. The molecule has 0 saturated heterocycles. The number of hydrogen-bond donors (Lipinski definition) is 1. The third-order valence-electron chi connectivity index (χ3n) is 9.40. The number of pyridine rings is 1. The fourth-order valence-corrected chi connectivity index (χ4v) is 6.23. The van der Waals surface area contributed by atoms with Crippen molar-refractivity contribution in [3.8, 4) is 22.4 Å². The van der Waals surface area contributed by atoms with Crippen molar-refractivity contribution in [2.75, 3.05) is 0 Å². The first-order valence-corrected chi connectivity index (χ1v) is 15.3. The first kappa shape index (κ1) is 28.5. The van der Waals surface area contributed by atoms with Crippen molar-refractivity contribution < 1.29 is 14.2 Å². The Morgan fingerprint density at radius 3 is 2.27 bits per heavy atom. The van der Waals surface area contributed by atoms with E-state index in [1.165, 1.54) is 39.4 Å². The normalized spacial score (nSPS) is 13.5. The van der Waals surface area contributed by atoms with Gasteiger partial charge in [0.2, 0.25) is 0 Å². The van der Waals surface area contributed by atoms with Gasteiger partial charge in [-0.1, -0.05) is 78.3 Å². The second-order valence-electron chi connectivity index (χ2n) is 12.9. The quantitative estimate of drug-likeness (QED) is 0.159. The summed E-state index contributed by atoms with van der Waals surface area (Å²) in [6.07, 6.45) is 6.49. The average Bonchev–Trinajstić information content (AvgIpc) is 3.03. The maximum absolute atomic E-state index is 14.0. The van der Waals surface area contributed by atoms with Crippen LogP contribution in [0.25, 0.3) is 60.9 Å². The van der Waals surface area contributed by atoms with Gasteiger partial charge in [-0.05, 0) is 104 Å². The molecule has 0 unspecified atom stereocenters. The molecule has 0 bridgehead atoms. The highest BCUT2D eigenvalue weighted by Crippen LogP contribution is 2.44. The van der Waals surface area contributed by atoms with Gasteiger partial charge in [0.15, 0.2) is 0 Å². The molecule has 1 heterocycles. The maximum atomic E-state index is 14.0. The second kappa shape index (κ2) is 10.7. The summed E-state index contributed by atoms with van der Waals surface area (Å²) >= 11 is 0. The van der Waals surface area contributed by atoms with Gasteiger partial charge in [-0.15, -0.1) is 0 Å². The summed E-state index contributed by atoms with van der Waals surface area (Å²) < 4.78 is 20.2. The Labute approximate surface area is 258 Å². The van der Waals surface area contributed by atoms with Crippen molar-refractivity contribution in [3.05, 3.63) is 114 Å². The molecule has 5 heteroatoms. The Morgan fingerprint density at radius 2 is 1.50 bits per heavy atom. The highest BCUT2D eigenvalue weighted by Gasteiger charge is 2.35. The topological polar surface area (TPSA) is 42.4 Å². The summed E-state index contributed by atoms with van der Waals surface area (Å²) in [6, 6.07) is 30.2. The van der Waals surface area contributed by atoms with E-state index in [1.54, 1.807) is 13.8 Å². The number of aryl methyl sites for hydroxylation is 1. The van der Waals surface area contributed by atoms with Crippen LogP contribution in [0, 0.1) is 5.82 Å². The molecule has 0 saturated carbocycles. The van der Waals surface area contributed by atoms with Crippen LogP contribution in [0.4, 0.5) is 4.39 Å². The lowest BCUT2D eigenvalue weighted by Gasteiger charge is -2.37. The van der Waals surface area contributed by atoms with Crippen molar-refractivity contribution in [3.63, 3.8) is 0 Å². The molecule has 5 aromatic carbocycles. The molecule has 0 radical (unpaired) electrons. The molecule has 0 fully saturated rings. The molecule has 3 nitrogen and oxygen atoms in total. The molecule has 44 heavy (non-hydrogen) atoms. The van der Waals surface area contributed by atoms with Crippen LogP contribution in [0.5, 0.6) is 0 Å². The molecule has 1 aliphatic carbocycles. The molecule has 0 amide bonds. The number of hydrogen-bond acceptors (Lipinski definition) is 3. The van der Waals surface area contributed by atoms with Gasteiger partial charge in [0.25, 0.3) is 0 Å². The van der Waals surface area contributed by atoms with E-state index in [1.807, 2.05) is 38.1 Å². The van der Waals surface area contributed by atoms with Crippen LogP contribution in [0.1, 0.15) is 45.2 Å². The van der Waals surface area contributed by atoms with Gasteiger partial charge in [-0.2, -0.15) is 0 Å².